The Bertz CT molecular complexity index is 1220. The third-order valence-electron chi connectivity index (χ3n) is 4.44. The molecule has 0 aliphatic carbocycles. The molecule has 7 nitrogen and oxygen atoms in total. The highest BCUT2D eigenvalue weighted by Crippen LogP contribution is 2.35. The molecule has 0 radical (unpaired) electrons. The van der Waals surface area contributed by atoms with Crippen LogP contribution in [0.4, 0.5) is 5.00 Å². The topological polar surface area (TPSA) is 102 Å². The minimum atomic E-state index is -4.00. The second-order valence-corrected chi connectivity index (χ2v) is 12.0. The van der Waals surface area contributed by atoms with Gasteiger partial charge in [0.1, 0.15) is 5.00 Å². The number of sulfone groups is 2. The molecule has 0 aliphatic rings. The zero-order valence-corrected chi connectivity index (χ0v) is 19.7. The minimum absolute atomic E-state index is 0.0651. The summed E-state index contributed by atoms with van der Waals surface area (Å²) in [5.74, 6) is -0.255. The van der Waals surface area contributed by atoms with Crippen LogP contribution in [-0.2, 0) is 30.2 Å². The summed E-state index contributed by atoms with van der Waals surface area (Å²) in [5.41, 5.74) is 1.52. The molecule has 0 fully saturated rings. The van der Waals surface area contributed by atoms with Crippen molar-refractivity contribution in [3.8, 4) is 0 Å². The number of thiazole rings is 1. The molecule has 2 aromatic carbocycles. The van der Waals surface area contributed by atoms with E-state index in [-0.39, 0.29) is 25.0 Å². The number of aromatic nitrogens is 1. The summed E-state index contributed by atoms with van der Waals surface area (Å²) in [6.45, 7) is 2.77. The molecule has 166 valence electrons. The highest BCUT2D eigenvalue weighted by Gasteiger charge is 2.30. The van der Waals surface area contributed by atoms with E-state index < -0.39 is 19.7 Å². The molecule has 1 aromatic heterocycles. The molecule has 31 heavy (non-hydrogen) atoms. The van der Waals surface area contributed by atoms with E-state index in [1.807, 2.05) is 6.92 Å². The fraction of sp³-hybridized carbons (Fsp3) is 0.286. The Balaban J connectivity index is 2.00. The van der Waals surface area contributed by atoms with E-state index in [0.29, 0.717) is 25.1 Å². The van der Waals surface area contributed by atoms with Crippen LogP contribution in [0, 0.1) is 6.92 Å². The number of rotatable bonds is 10. The molecule has 0 spiro atoms. The first kappa shape index (κ1) is 23.4. The third kappa shape index (κ3) is 5.70. The summed E-state index contributed by atoms with van der Waals surface area (Å²) in [5, 5.41) is 2.96. The first-order chi connectivity index (χ1) is 14.7. The van der Waals surface area contributed by atoms with Crippen molar-refractivity contribution < 1.29 is 21.6 Å². The van der Waals surface area contributed by atoms with Crippen molar-refractivity contribution >= 4 is 36.0 Å². The summed E-state index contributed by atoms with van der Waals surface area (Å²) < 4.78 is 57.2. The minimum Gasteiger partial charge on any atom is -0.385 e. The molecule has 0 saturated heterocycles. The maximum Gasteiger partial charge on any atom is 0.226 e. The van der Waals surface area contributed by atoms with Crippen LogP contribution in [0.1, 0.15) is 17.5 Å². The number of aryl methyl sites for hydroxylation is 1. The van der Waals surface area contributed by atoms with E-state index in [1.54, 1.807) is 49.6 Å². The van der Waals surface area contributed by atoms with Gasteiger partial charge in [-0.1, -0.05) is 59.4 Å². The molecular formula is C21H24N2O5S3. The van der Waals surface area contributed by atoms with Gasteiger partial charge in [-0.05, 0) is 31.0 Å². The van der Waals surface area contributed by atoms with Gasteiger partial charge in [0.05, 0.1) is 10.6 Å². The van der Waals surface area contributed by atoms with E-state index >= 15 is 0 Å². The lowest BCUT2D eigenvalue weighted by Gasteiger charge is -2.07. The predicted molar refractivity (Wildman–Crippen MR) is 121 cm³/mol. The van der Waals surface area contributed by atoms with E-state index in [0.717, 1.165) is 16.9 Å². The summed E-state index contributed by atoms with van der Waals surface area (Å²) in [6.07, 6.45) is 0.629. The molecule has 10 heteroatoms. The molecule has 1 heterocycles. The Labute approximate surface area is 187 Å². The number of anilines is 1. The Hall–Kier alpha value is -2.27. The van der Waals surface area contributed by atoms with Crippen LogP contribution in [0.2, 0.25) is 0 Å². The molecule has 0 aliphatic heterocycles. The van der Waals surface area contributed by atoms with Crippen molar-refractivity contribution in [3.05, 3.63) is 65.7 Å². The van der Waals surface area contributed by atoms with Crippen LogP contribution in [-0.4, -0.2) is 42.1 Å². The maximum absolute atomic E-state index is 13.2. The zero-order valence-electron chi connectivity index (χ0n) is 17.2. The zero-order chi connectivity index (χ0) is 22.5. The lowest BCUT2D eigenvalue weighted by Crippen LogP contribution is -2.09. The lowest BCUT2D eigenvalue weighted by atomic mass is 10.2. The number of benzene rings is 2. The van der Waals surface area contributed by atoms with E-state index in [9.17, 15) is 16.8 Å². The largest absolute Gasteiger partial charge is 0.385 e. The molecule has 0 amide bonds. The Kier molecular flexibility index (Phi) is 7.47. The SMILES string of the molecule is COCCCNc1sc(S(=O)(=O)Cc2ccccc2)nc1S(=O)(=O)c1ccc(C)cc1. The van der Waals surface area contributed by atoms with Gasteiger partial charge in [0.15, 0.2) is 5.03 Å². The van der Waals surface area contributed by atoms with Crippen LogP contribution >= 0.6 is 11.3 Å². The molecular weight excluding hydrogens is 456 g/mol. The van der Waals surface area contributed by atoms with Crippen LogP contribution in [0.3, 0.4) is 0 Å². The van der Waals surface area contributed by atoms with E-state index in [2.05, 4.69) is 10.3 Å². The fourth-order valence-corrected chi connectivity index (χ4v) is 7.17. The number of ether oxygens (including phenoxy) is 1. The van der Waals surface area contributed by atoms with Gasteiger partial charge in [-0.3, -0.25) is 0 Å². The van der Waals surface area contributed by atoms with Gasteiger partial charge in [-0.2, -0.15) is 0 Å². The highest BCUT2D eigenvalue weighted by atomic mass is 32.2. The van der Waals surface area contributed by atoms with Gasteiger partial charge >= 0.3 is 0 Å². The van der Waals surface area contributed by atoms with Crippen molar-refractivity contribution in [1.82, 2.24) is 4.98 Å². The molecule has 1 N–H and O–H groups in total. The summed E-state index contributed by atoms with van der Waals surface area (Å²) in [7, 11) is -6.24. The smallest absolute Gasteiger partial charge is 0.226 e. The standard InChI is InChI=1S/C21H24N2O5S3/c1-16-9-11-18(12-10-16)31(26,27)20-19(22-13-6-14-28-2)29-21(23-20)30(24,25)15-17-7-4-3-5-8-17/h3-5,7-12,22H,6,13-15H2,1-2H3. The summed E-state index contributed by atoms with van der Waals surface area (Å²) in [6, 6.07) is 15.1. The maximum atomic E-state index is 13.2. The molecule has 0 unspecified atom stereocenters. The van der Waals surface area contributed by atoms with Crippen LogP contribution in [0.25, 0.3) is 0 Å². The summed E-state index contributed by atoms with van der Waals surface area (Å²) >= 11 is 0.838. The average Bonchev–Trinajstić information content (AvgIpc) is 3.18. The van der Waals surface area contributed by atoms with Crippen LogP contribution in [0.5, 0.6) is 0 Å². The Morgan fingerprint density at radius 3 is 2.32 bits per heavy atom. The number of methoxy groups -OCH3 is 1. The first-order valence-electron chi connectivity index (χ1n) is 9.56. The highest BCUT2D eigenvalue weighted by molar-refractivity contribution is 7.93. The summed E-state index contributed by atoms with van der Waals surface area (Å²) in [4.78, 5) is 4.16. The lowest BCUT2D eigenvalue weighted by molar-refractivity contribution is 0.198. The van der Waals surface area contributed by atoms with Crippen molar-refractivity contribution in [1.29, 1.82) is 0 Å². The number of nitrogens with one attached hydrogen (secondary N) is 1. The van der Waals surface area contributed by atoms with Gasteiger partial charge in [-0.15, -0.1) is 0 Å². The van der Waals surface area contributed by atoms with Crippen molar-refractivity contribution in [2.24, 2.45) is 0 Å². The molecule has 0 bridgehead atoms. The van der Waals surface area contributed by atoms with Gasteiger partial charge in [-0.25, -0.2) is 21.8 Å². The van der Waals surface area contributed by atoms with Gasteiger partial charge in [0.25, 0.3) is 0 Å². The van der Waals surface area contributed by atoms with Gasteiger partial charge in [0.2, 0.25) is 24.0 Å². The monoisotopic (exact) mass is 480 g/mol. The predicted octanol–water partition coefficient (Wildman–Crippen LogP) is 3.71. The van der Waals surface area contributed by atoms with Crippen LogP contribution in [0.15, 0.2) is 68.9 Å². The van der Waals surface area contributed by atoms with Crippen molar-refractivity contribution in [3.63, 3.8) is 0 Å². The quantitative estimate of drug-likeness (QED) is 0.441. The Morgan fingerprint density at radius 2 is 1.68 bits per heavy atom. The second kappa shape index (κ2) is 9.90. The fourth-order valence-electron chi connectivity index (χ4n) is 2.82. The number of hydrogen-bond acceptors (Lipinski definition) is 8. The molecule has 0 atom stereocenters. The average molecular weight is 481 g/mol. The second-order valence-electron chi connectivity index (χ2n) is 6.95. The van der Waals surface area contributed by atoms with Crippen molar-refractivity contribution in [2.75, 3.05) is 25.6 Å². The number of hydrogen-bond donors (Lipinski definition) is 1. The van der Waals surface area contributed by atoms with E-state index in [4.69, 9.17) is 4.74 Å². The normalized spacial score (nSPS) is 12.1. The molecule has 3 rings (SSSR count). The van der Waals surface area contributed by atoms with E-state index in [1.165, 1.54) is 12.1 Å². The third-order valence-corrected chi connectivity index (χ3v) is 9.42. The van der Waals surface area contributed by atoms with Crippen LogP contribution < -0.4 is 5.32 Å². The molecule has 0 saturated carbocycles. The Morgan fingerprint density at radius 1 is 1.00 bits per heavy atom. The molecule has 3 aromatic rings. The van der Waals surface area contributed by atoms with Gasteiger partial charge in [0, 0.05) is 20.3 Å². The number of nitrogens with zero attached hydrogens (tertiary/aromatic N) is 1. The van der Waals surface area contributed by atoms with Gasteiger partial charge < -0.3 is 10.1 Å². The first-order valence-corrected chi connectivity index (χ1v) is 13.5. The van der Waals surface area contributed by atoms with Crippen molar-refractivity contribution in [2.45, 2.75) is 33.4 Å².